The Balaban J connectivity index is 3.19. The molecule has 0 saturated carbocycles. The summed E-state index contributed by atoms with van der Waals surface area (Å²) >= 11 is 0. The summed E-state index contributed by atoms with van der Waals surface area (Å²) in [6.45, 7) is 3.67. The number of sulfonamides is 1. The molecular weight excluding hydrogens is 200 g/mol. The molecular formula is C9H14N2O2S. The van der Waals surface area contributed by atoms with Gasteiger partial charge in [-0.15, -0.1) is 0 Å². The van der Waals surface area contributed by atoms with Crippen LogP contribution in [0, 0.1) is 13.8 Å². The second kappa shape index (κ2) is 3.49. The van der Waals surface area contributed by atoms with E-state index in [0.29, 0.717) is 11.4 Å². The van der Waals surface area contributed by atoms with Gasteiger partial charge in [0.15, 0.2) is 0 Å². The maximum Gasteiger partial charge on any atom is 0.229 e. The summed E-state index contributed by atoms with van der Waals surface area (Å²) < 4.78 is 24.4. The van der Waals surface area contributed by atoms with Crippen LogP contribution >= 0.6 is 0 Å². The van der Waals surface area contributed by atoms with E-state index < -0.39 is 10.0 Å². The topological polar surface area (TPSA) is 72.2 Å². The molecule has 4 nitrogen and oxygen atoms in total. The van der Waals surface area contributed by atoms with Gasteiger partial charge >= 0.3 is 0 Å². The number of nitrogen functional groups attached to an aromatic ring is 1. The van der Waals surface area contributed by atoms with Crippen molar-refractivity contribution in [3.8, 4) is 0 Å². The van der Waals surface area contributed by atoms with Crippen molar-refractivity contribution >= 4 is 21.4 Å². The lowest BCUT2D eigenvalue weighted by Gasteiger charge is -2.11. The molecule has 14 heavy (non-hydrogen) atoms. The number of nitrogens with two attached hydrogens (primary N) is 1. The lowest BCUT2D eigenvalue weighted by molar-refractivity contribution is 0.607. The molecule has 1 aromatic rings. The van der Waals surface area contributed by atoms with E-state index in [1.54, 1.807) is 19.1 Å². The van der Waals surface area contributed by atoms with Gasteiger partial charge in [0.05, 0.1) is 11.9 Å². The number of hydrogen-bond acceptors (Lipinski definition) is 3. The first-order valence-corrected chi connectivity index (χ1v) is 6.04. The molecule has 1 rings (SSSR count). The monoisotopic (exact) mass is 214 g/mol. The van der Waals surface area contributed by atoms with Crippen LogP contribution in [0.2, 0.25) is 0 Å². The van der Waals surface area contributed by atoms with Crippen LogP contribution in [0.15, 0.2) is 12.1 Å². The molecule has 0 aliphatic rings. The summed E-state index contributed by atoms with van der Waals surface area (Å²) in [4.78, 5) is 0. The van der Waals surface area contributed by atoms with Crippen molar-refractivity contribution < 1.29 is 8.42 Å². The predicted molar refractivity (Wildman–Crippen MR) is 58.8 cm³/mol. The molecule has 0 saturated heterocycles. The number of hydrogen-bond donors (Lipinski definition) is 2. The smallest absolute Gasteiger partial charge is 0.229 e. The maximum atomic E-state index is 11.0. The van der Waals surface area contributed by atoms with Gasteiger partial charge in [-0.3, -0.25) is 4.72 Å². The van der Waals surface area contributed by atoms with Crippen LogP contribution in [0.1, 0.15) is 11.1 Å². The average Bonchev–Trinajstić information content (AvgIpc) is 2.04. The Hall–Kier alpha value is -1.23. The molecule has 0 atom stereocenters. The third kappa shape index (κ3) is 2.38. The van der Waals surface area contributed by atoms with Crippen molar-refractivity contribution in [1.82, 2.24) is 0 Å². The zero-order chi connectivity index (χ0) is 10.9. The summed E-state index contributed by atoms with van der Waals surface area (Å²) in [6.07, 6.45) is 1.11. The van der Waals surface area contributed by atoms with Crippen molar-refractivity contribution in [3.63, 3.8) is 0 Å². The number of aryl methyl sites for hydroxylation is 1. The minimum atomic E-state index is -3.23. The fraction of sp³-hybridized carbons (Fsp3) is 0.333. The van der Waals surface area contributed by atoms with Crippen LogP contribution in [0.4, 0.5) is 11.4 Å². The van der Waals surface area contributed by atoms with Gasteiger partial charge in [0.2, 0.25) is 10.0 Å². The molecule has 78 valence electrons. The van der Waals surface area contributed by atoms with Gasteiger partial charge in [0, 0.05) is 5.69 Å². The molecule has 0 spiro atoms. The second-order valence-electron chi connectivity index (χ2n) is 3.34. The van der Waals surface area contributed by atoms with Gasteiger partial charge in [0.25, 0.3) is 0 Å². The third-order valence-corrected chi connectivity index (χ3v) is 2.62. The van der Waals surface area contributed by atoms with Crippen LogP contribution in [-0.2, 0) is 10.0 Å². The Morgan fingerprint density at radius 3 is 2.36 bits per heavy atom. The molecule has 0 unspecified atom stereocenters. The standard InChI is InChI=1S/C9H14N2O2S/c1-6-4-5-8(7(2)9(6)10)11-14(3,12)13/h4-5,11H,10H2,1-3H3. The van der Waals surface area contributed by atoms with E-state index in [1.165, 1.54) is 0 Å². The first-order valence-electron chi connectivity index (χ1n) is 4.15. The van der Waals surface area contributed by atoms with Gasteiger partial charge in [-0.25, -0.2) is 8.42 Å². The second-order valence-corrected chi connectivity index (χ2v) is 5.09. The van der Waals surface area contributed by atoms with Crippen molar-refractivity contribution in [2.24, 2.45) is 0 Å². The zero-order valence-corrected chi connectivity index (χ0v) is 9.27. The summed E-state index contributed by atoms with van der Waals surface area (Å²) in [5.41, 5.74) is 8.63. The number of rotatable bonds is 2. The molecule has 0 aromatic heterocycles. The van der Waals surface area contributed by atoms with E-state index >= 15 is 0 Å². The van der Waals surface area contributed by atoms with Crippen LogP contribution in [-0.4, -0.2) is 14.7 Å². The van der Waals surface area contributed by atoms with Crippen molar-refractivity contribution in [1.29, 1.82) is 0 Å². The first kappa shape index (κ1) is 10.8. The third-order valence-electron chi connectivity index (χ3n) is 2.03. The van der Waals surface area contributed by atoms with E-state index in [0.717, 1.165) is 17.4 Å². The van der Waals surface area contributed by atoms with Gasteiger partial charge < -0.3 is 5.73 Å². The highest BCUT2D eigenvalue weighted by Gasteiger charge is 2.07. The van der Waals surface area contributed by atoms with Gasteiger partial charge in [0.1, 0.15) is 0 Å². The predicted octanol–water partition coefficient (Wildman–Crippen LogP) is 1.26. The minimum absolute atomic E-state index is 0.538. The summed E-state index contributed by atoms with van der Waals surface area (Å²) in [5, 5.41) is 0. The molecule has 1 aromatic carbocycles. The van der Waals surface area contributed by atoms with Crippen LogP contribution in [0.5, 0.6) is 0 Å². The Morgan fingerprint density at radius 2 is 1.86 bits per heavy atom. The Kier molecular flexibility index (Phi) is 2.71. The van der Waals surface area contributed by atoms with E-state index in [9.17, 15) is 8.42 Å². The minimum Gasteiger partial charge on any atom is -0.398 e. The number of anilines is 2. The van der Waals surface area contributed by atoms with Gasteiger partial charge in [-0.05, 0) is 31.0 Å². The fourth-order valence-electron chi connectivity index (χ4n) is 1.17. The summed E-state index contributed by atoms with van der Waals surface area (Å²) in [7, 11) is -3.23. The molecule has 0 fully saturated rings. The van der Waals surface area contributed by atoms with E-state index in [4.69, 9.17) is 5.73 Å². The largest absolute Gasteiger partial charge is 0.398 e. The van der Waals surface area contributed by atoms with E-state index in [-0.39, 0.29) is 0 Å². The van der Waals surface area contributed by atoms with Crippen molar-refractivity contribution in [2.75, 3.05) is 16.7 Å². The fourth-order valence-corrected chi connectivity index (χ4v) is 1.79. The lowest BCUT2D eigenvalue weighted by Crippen LogP contribution is -2.11. The molecule has 3 N–H and O–H groups in total. The Labute approximate surface area is 84.2 Å². The van der Waals surface area contributed by atoms with Crippen LogP contribution < -0.4 is 10.5 Å². The highest BCUT2D eigenvalue weighted by atomic mass is 32.2. The Bertz CT molecular complexity index is 452. The van der Waals surface area contributed by atoms with Gasteiger partial charge in [-0.1, -0.05) is 6.07 Å². The van der Waals surface area contributed by atoms with Gasteiger partial charge in [-0.2, -0.15) is 0 Å². The molecule has 0 aliphatic carbocycles. The number of benzene rings is 1. The highest BCUT2D eigenvalue weighted by molar-refractivity contribution is 7.92. The van der Waals surface area contributed by atoms with Crippen molar-refractivity contribution in [3.05, 3.63) is 23.3 Å². The maximum absolute atomic E-state index is 11.0. The van der Waals surface area contributed by atoms with Crippen LogP contribution in [0.3, 0.4) is 0 Å². The normalized spacial score (nSPS) is 11.4. The molecule has 0 aliphatic heterocycles. The molecule has 5 heteroatoms. The molecule has 0 radical (unpaired) electrons. The molecule has 0 amide bonds. The van der Waals surface area contributed by atoms with Crippen LogP contribution in [0.25, 0.3) is 0 Å². The van der Waals surface area contributed by atoms with E-state index in [1.807, 2.05) is 6.92 Å². The lowest BCUT2D eigenvalue weighted by atomic mass is 10.1. The van der Waals surface area contributed by atoms with E-state index in [2.05, 4.69) is 4.72 Å². The molecule has 0 bridgehead atoms. The quantitative estimate of drug-likeness (QED) is 0.728. The Morgan fingerprint density at radius 1 is 1.29 bits per heavy atom. The zero-order valence-electron chi connectivity index (χ0n) is 8.46. The first-order chi connectivity index (χ1) is 6.31. The summed E-state index contributed by atoms with van der Waals surface area (Å²) in [5.74, 6) is 0. The summed E-state index contributed by atoms with van der Waals surface area (Å²) in [6, 6.07) is 3.50. The van der Waals surface area contributed by atoms with Crippen molar-refractivity contribution in [2.45, 2.75) is 13.8 Å². The SMILES string of the molecule is Cc1ccc(NS(C)(=O)=O)c(C)c1N. The average molecular weight is 214 g/mol. The number of nitrogens with one attached hydrogen (secondary N) is 1. The molecule has 0 heterocycles. The highest BCUT2D eigenvalue weighted by Crippen LogP contribution is 2.24.